The lowest BCUT2D eigenvalue weighted by atomic mass is 9.85. The smallest absolute Gasteiger partial charge is 0.251 e. The summed E-state index contributed by atoms with van der Waals surface area (Å²) in [5, 5.41) is 63.6. The van der Waals surface area contributed by atoms with Gasteiger partial charge in [0.25, 0.3) is 5.79 Å². The number of nitrogens with one attached hydrogen (secondary N) is 1. The third kappa shape index (κ3) is 6.98. The molecule has 0 fully saturated rings. The summed E-state index contributed by atoms with van der Waals surface area (Å²) < 4.78 is 0. The fraction of sp³-hybridized carbons (Fsp3) is 0.667. The number of allylic oxidation sites excluding steroid dienone is 1. The second-order valence-corrected chi connectivity index (χ2v) is 4.39. The molecule has 0 rings (SSSR count). The van der Waals surface area contributed by atoms with Crippen LogP contribution in [0.4, 0.5) is 0 Å². The molecule has 3 atom stereocenters. The van der Waals surface area contributed by atoms with E-state index in [1.54, 1.807) is 5.16 Å². The van der Waals surface area contributed by atoms with Crippen LogP contribution in [0.3, 0.4) is 0 Å². The van der Waals surface area contributed by atoms with E-state index in [1.807, 2.05) is 6.92 Å². The van der Waals surface area contributed by atoms with Crippen molar-refractivity contribution in [3.63, 3.8) is 0 Å². The summed E-state index contributed by atoms with van der Waals surface area (Å²) in [6, 6.07) is 0. The summed E-state index contributed by atoms with van der Waals surface area (Å²) in [4.78, 5) is 10.4. The van der Waals surface area contributed by atoms with Crippen molar-refractivity contribution in [1.82, 2.24) is 0 Å². The number of aldehydes is 1. The maximum atomic E-state index is 10.4. The van der Waals surface area contributed by atoms with Gasteiger partial charge in [-0.3, -0.25) is 4.79 Å². The Morgan fingerprint density at radius 3 is 2.14 bits per heavy atom. The lowest BCUT2D eigenvalue weighted by Crippen LogP contribution is -2.62. The van der Waals surface area contributed by atoms with Crippen LogP contribution in [0.15, 0.2) is 12.2 Å². The average Bonchev–Trinajstić information content (AvgIpc) is 2.46. The van der Waals surface area contributed by atoms with Gasteiger partial charge >= 0.3 is 0 Å². The van der Waals surface area contributed by atoms with Crippen LogP contribution >= 0.6 is 12.2 Å². The van der Waals surface area contributed by atoms with E-state index < -0.39 is 30.2 Å². The molecule has 21 heavy (non-hydrogen) atoms. The molecular weight excluding hydrogens is 302 g/mol. The quantitative estimate of drug-likeness (QED) is 0.0917. The minimum atomic E-state index is -3.23. The van der Waals surface area contributed by atoms with Crippen molar-refractivity contribution in [2.45, 2.75) is 43.4 Å². The zero-order chi connectivity index (χ0) is 17.1. The van der Waals surface area contributed by atoms with E-state index in [0.717, 1.165) is 12.5 Å². The zero-order valence-electron chi connectivity index (χ0n) is 11.5. The van der Waals surface area contributed by atoms with Gasteiger partial charge in [0.2, 0.25) is 0 Å². The van der Waals surface area contributed by atoms with Crippen LogP contribution in [0.2, 0.25) is 0 Å². The Morgan fingerprint density at radius 2 is 1.81 bits per heavy atom. The molecule has 0 saturated heterocycles. The van der Waals surface area contributed by atoms with Gasteiger partial charge in [-0.2, -0.15) is 0 Å². The van der Waals surface area contributed by atoms with Gasteiger partial charge in [0.05, 0.1) is 11.8 Å². The second kappa shape index (κ2) is 10.7. The molecule has 122 valence electrons. The molecule has 0 aliphatic carbocycles. The number of unbranched alkanes of at least 4 members (excludes halogenated alkanes) is 1. The van der Waals surface area contributed by atoms with Gasteiger partial charge in [0, 0.05) is 0 Å². The monoisotopic (exact) mass is 323 g/mol. The molecule has 7 N–H and O–H groups in total. The summed E-state index contributed by atoms with van der Waals surface area (Å²) in [5.74, 6) is -3.23. The van der Waals surface area contributed by atoms with Crippen LogP contribution in [0.5, 0.6) is 0 Å². The van der Waals surface area contributed by atoms with E-state index >= 15 is 0 Å². The van der Waals surface area contributed by atoms with Crippen molar-refractivity contribution in [3.05, 3.63) is 12.2 Å². The number of aliphatic hydroxyl groups is 6. The SMILES string of the molecule is CCCC=CC(O)(C(O)CO)C(O)C(O)(O)C=O.N=C=S. The summed E-state index contributed by atoms with van der Waals surface area (Å²) in [7, 11) is 0. The third-order valence-electron chi connectivity index (χ3n) is 2.56. The van der Waals surface area contributed by atoms with Crippen molar-refractivity contribution < 1.29 is 35.4 Å². The molecule has 0 spiro atoms. The highest BCUT2D eigenvalue weighted by Gasteiger charge is 2.50. The van der Waals surface area contributed by atoms with Crippen LogP contribution in [0.1, 0.15) is 19.8 Å². The standard InChI is InChI=1S/C11H20O7.CHNS/c1-2-3-4-5-10(16,8(14)6-12)9(15)11(17,18)7-13;2-1-3/h4-5,7-9,12,14-18H,2-3,6H2,1H3;2H. The van der Waals surface area contributed by atoms with Crippen molar-refractivity contribution >= 4 is 23.7 Å². The van der Waals surface area contributed by atoms with E-state index in [9.17, 15) is 30.3 Å². The number of carbonyl (C=O) groups excluding carboxylic acids is 1. The first-order chi connectivity index (χ1) is 9.67. The Kier molecular flexibility index (Phi) is 11.3. The first kappa shape index (κ1) is 22.3. The molecule has 0 radical (unpaired) electrons. The predicted molar refractivity (Wildman–Crippen MR) is 76.6 cm³/mol. The Labute approximate surface area is 127 Å². The molecule has 0 heterocycles. The summed E-state index contributed by atoms with van der Waals surface area (Å²) in [6.45, 7) is 0.912. The van der Waals surface area contributed by atoms with Crippen molar-refractivity contribution in [3.8, 4) is 0 Å². The number of hydrogen-bond acceptors (Lipinski definition) is 9. The number of isothiocyanates is 1. The van der Waals surface area contributed by atoms with E-state index in [4.69, 9.17) is 10.5 Å². The first-order valence-electron chi connectivity index (χ1n) is 5.99. The van der Waals surface area contributed by atoms with E-state index in [0.29, 0.717) is 6.42 Å². The van der Waals surface area contributed by atoms with E-state index in [1.165, 1.54) is 6.08 Å². The van der Waals surface area contributed by atoms with Gasteiger partial charge in [0.1, 0.15) is 17.8 Å². The highest BCUT2D eigenvalue weighted by Crippen LogP contribution is 2.24. The van der Waals surface area contributed by atoms with Crippen LogP contribution < -0.4 is 0 Å². The third-order valence-corrected chi connectivity index (χ3v) is 2.56. The molecule has 8 nitrogen and oxygen atoms in total. The number of rotatable bonds is 8. The minimum absolute atomic E-state index is 0.375. The van der Waals surface area contributed by atoms with Crippen LogP contribution in [0, 0.1) is 5.41 Å². The average molecular weight is 323 g/mol. The summed E-state index contributed by atoms with van der Waals surface area (Å²) in [5.41, 5.74) is -2.55. The molecule has 0 bridgehead atoms. The molecule has 0 aromatic carbocycles. The normalized spacial score (nSPS) is 17.1. The van der Waals surface area contributed by atoms with Crippen LogP contribution in [-0.4, -0.2) is 72.3 Å². The minimum Gasteiger partial charge on any atom is -0.394 e. The lowest BCUT2D eigenvalue weighted by molar-refractivity contribution is -0.256. The Hall–Kier alpha value is -1.03. The van der Waals surface area contributed by atoms with Gasteiger partial charge in [-0.1, -0.05) is 25.5 Å². The number of aliphatic hydroxyl groups excluding tert-OH is 3. The van der Waals surface area contributed by atoms with Gasteiger partial charge in [0.15, 0.2) is 6.29 Å². The van der Waals surface area contributed by atoms with Crippen molar-refractivity contribution in [1.29, 1.82) is 5.41 Å². The molecule has 0 aliphatic rings. The molecule has 0 aliphatic heterocycles. The fourth-order valence-electron chi connectivity index (χ4n) is 1.37. The van der Waals surface area contributed by atoms with E-state index in [-0.39, 0.29) is 6.29 Å². The predicted octanol–water partition coefficient (Wildman–Crippen LogP) is -1.66. The molecule has 9 heteroatoms. The fourth-order valence-corrected chi connectivity index (χ4v) is 1.37. The Morgan fingerprint density at radius 1 is 1.33 bits per heavy atom. The maximum absolute atomic E-state index is 10.4. The highest BCUT2D eigenvalue weighted by molar-refractivity contribution is 7.78. The van der Waals surface area contributed by atoms with Gasteiger partial charge in [-0.15, -0.1) is 0 Å². The molecule has 3 unspecified atom stereocenters. The number of carbonyl (C=O) groups is 1. The molecule has 0 amide bonds. The van der Waals surface area contributed by atoms with Crippen molar-refractivity contribution in [2.75, 3.05) is 6.61 Å². The Balaban J connectivity index is 0. The van der Waals surface area contributed by atoms with Gasteiger partial charge in [-0.25, -0.2) is 5.41 Å². The number of thiocarbonyl (C=S) groups is 1. The molecule has 0 aromatic heterocycles. The zero-order valence-corrected chi connectivity index (χ0v) is 12.3. The van der Waals surface area contributed by atoms with Crippen LogP contribution in [-0.2, 0) is 4.79 Å². The number of hydrogen-bond donors (Lipinski definition) is 7. The maximum Gasteiger partial charge on any atom is 0.251 e. The van der Waals surface area contributed by atoms with E-state index in [2.05, 4.69) is 12.2 Å². The highest BCUT2D eigenvalue weighted by atomic mass is 32.1. The second-order valence-electron chi connectivity index (χ2n) is 4.18. The summed E-state index contributed by atoms with van der Waals surface area (Å²) in [6.07, 6.45) is -1.11. The van der Waals surface area contributed by atoms with Gasteiger partial charge in [-0.05, 0) is 18.6 Å². The van der Waals surface area contributed by atoms with Crippen LogP contribution in [0.25, 0.3) is 0 Å². The molecule has 0 saturated carbocycles. The largest absolute Gasteiger partial charge is 0.394 e. The summed E-state index contributed by atoms with van der Waals surface area (Å²) >= 11 is 3.81. The topological polar surface area (TPSA) is 162 Å². The Bertz CT molecular complexity index is 369. The molecular formula is C12H21NO7S. The molecule has 0 aromatic rings. The van der Waals surface area contributed by atoms with Gasteiger partial charge < -0.3 is 30.6 Å². The first-order valence-corrected chi connectivity index (χ1v) is 6.40. The lowest BCUT2D eigenvalue weighted by Gasteiger charge is -2.37. The van der Waals surface area contributed by atoms with Crippen molar-refractivity contribution in [2.24, 2.45) is 0 Å².